The number of rotatable bonds is 5. The van der Waals surface area contributed by atoms with Crippen LogP contribution in [0.1, 0.15) is 26.7 Å². The molecule has 13 heavy (non-hydrogen) atoms. The number of hydrogen-bond acceptors (Lipinski definition) is 0. The van der Waals surface area contributed by atoms with E-state index in [4.69, 9.17) is 23.2 Å². The van der Waals surface area contributed by atoms with Gasteiger partial charge in [0.25, 0.3) is 0 Å². The van der Waals surface area contributed by atoms with E-state index in [2.05, 4.69) is 36.4 Å². The molecule has 0 aromatic carbocycles. The van der Waals surface area contributed by atoms with Gasteiger partial charge in [-0.2, -0.15) is 0 Å². The number of hydrogen-bond donors (Lipinski definition) is 0. The van der Waals surface area contributed by atoms with Crippen molar-refractivity contribution in [2.45, 2.75) is 31.5 Å². The predicted molar refractivity (Wildman–Crippen MR) is 65.7 cm³/mol. The Morgan fingerprint density at radius 1 is 1.54 bits per heavy atom. The summed E-state index contributed by atoms with van der Waals surface area (Å²) < 4.78 is 0. The molecule has 0 N–H and O–H groups in total. The highest BCUT2D eigenvalue weighted by atomic mass is 79.9. The molecule has 0 fully saturated rings. The maximum absolute atomic E-state index is 5.74. The van der Waals surface area contributed by atoms with Crippen molar-refractivity contribution >= 4 is 39.1 Å². The van der Waals surface area contributed by atoms with Crippen molar-refractivity contribution in [3.63, 3.8) is 0 Å². The standard InChI is InChI=1S/C10H15BrCl2/c1-7(2)10(11)5-4-9(6-12)8(3)13/h6-7,10H,3-5H2,1-2H3/b9-6+. The molecule has 0 rings (SSSR count). The van der Waals surface area contributed by atoms with Gasteiger partial charge in [0, 0.05) is 15.4 Å². The summed E-state index contributed by atoms with van der Waals surface area (Å²) in [6, 6.07) is 0. The van der Waals surface area contributed by atoms with E-state index < -0.39 is 0 Å². The molecular weight excluding hydrogens is 271 g/mol. The van der Waals surface area contributed by atoms with Crippen molar-refractivity contribution in [2.75, 3.05) is 0 Å². The van der Waals surface area contributed by atoms with Crippen LogP contribution in [0.25, 0.3) is 0 Å². The normalized spacial score (nSPS) is 14.8. The molecule has 0 saturated carbocycles. The second-order valence-corrected chi connectivity index (χ2v) is 5.19. The molecule has 0 spiro atoms. The Bertz CT molecular complexity index is 197. The lowest BCUT2D eigenvalue weighted by Crippen LogP contribution is -2.06. The highest BCUT2D eigenvalue weighted by Crippen LogP contribution is 2.24. The summed E-state index contributed by atoms with van der Waals surface area (Å²) in [7, 11) is 0. The van der Waals surface area contributed by atoms with E-state index in [0.717, 1.165) is 18.4 Å². The smallest absolute Gasteiger partial charge is 0.0374 e. The molecule has 1 atom stereocenters. The minimum atomic E-state index is 0.509. The van der Waals surface area contributed by atoms with E-state index in [1.807, 2.05) is 0 Å². The zero-order valence-corrected chi connectivity index (χ0v) is 11.1. The average molecular weight is 286 g/mol. The van der Waals surface area contributed by atoms with Gasteiger partial charge in [-0.25, -0.2) is 0 Å². The van der Waals surface area contributed by atoms with Gasteiger partial charge in [-0.3, -0.25) is 0 Å². The van der Waals surface area contributed by atoms with Crippen LogP contribution in [0.5, 0.6) is 0 Å². The van der Waals surface area contributed by atoms with Gasteiger partial charge < -0.3 is 0 Å². The van der Waals surface area contributed by atoms with Crippen molar-refractivity contribution in [2.24, 2.45) is 5.92 Å². The number of alkyl halides is 1. The second kappa shape index (κ2) is 6.92. The van der Waals surface area contributed by atoms with Crippen LogP contribution in [0, 0.1) is 5.92 Å². The van der Waals surface area contributed by atoms with E-state index in [0.29, 0.717) is 15.8 Å². The minimum Gasteiger partial charge on any atom is -0.0926 e. The zero-order valence-electron chi connectivity index (χ0n) is 7.99. The van der Waals surface area contributed by atoms with Crippen LogP contribution in [-0.2, 0) is 0 Å². The molecule has 0 aromatic heterocycles. The summed E-state index contributed by atoms with van der Waals surface area (Å²) in [6.07, 6.45) is 1.90. The van der Waals surface area contributed by atoms with Crippen molar-refractivity contribution in [3.8, 4) is 0 Å². The zero-order chi connectivity index (χ0) is 10.4. The monoisotopic (exact) mass is 284 g/mol. The van der Waals surface area contributed by atoms with E-state index in [9.17, 15) is 0 Å². The van der Waals surface area contributed by atoms with Crippen molar-refractivity contribution in [1.29, 1.82) is 0 Å². The van der Waals surface area contributed by atoms with Crippen LogP contribution in [-0.4, -0.2) is 4.83 Å². The lowest BCUT2D eigenvalue weighted by atomic mass is 10.0. The quantitative estimate of drug-likeness (QED) is 0.489. The van der Waals surface area contributed by atoms with Gasteiger partial charge in [0.15, 0.2) is 0 Å². The maximum atomic E-state index is 5.74. The first-order chi connectivity index (χ1) is 5.99. The second-order valence-electron chi connectivity index (χ2n) is 3.34. The summed E-state index contributed by atoms with van der Waals surface area (Å²) in [5.74, 6) is 0.625. The summed E-state index contributed by atoms with van der Waals surface area (Å²) >= 11 is 15.0. The predicted octanol–water partition coefficient (Wildman–Crippen LogP) is 5.06. The molecule has 0 bridgehead atoms. The van der Waals surface area contributed by atoms with Gasteiger partial charge in [0.1, 0.15) is 0 Å². The molecule has 0 radical (unpaired) electrons. The molecule has 0 amide bonds. The molecule has 3 heteroatoms. The highest BCUT2D eigenvalue weighted by molar-refractivity contribution is 9.09. The molecule has 76 valence electrons. The fourth-order valence-corrected chi connectivity index (χ4v) is 1.55. The first-order valence-electron chi connectivity index (χ1n) is 4.27. The molecule has 0 aliphatic carbocycles. The van der Waals surface area contributed by atoms with Gasteiger partial charge in [0.2, 0.25) is 0 Å². The third kappa shape index (κ3) is 5.77. The molecule has 1 unspecified atom stereocenters. The number of allylic oxidation sites excluding steroid dienone is 2. The number of halogens is 3. The van der Waals surface area contributed by atoms with Crippen molar-refractivity contribution in [1.82, 2.24) is 0 Å². The Morgan fingerprint density at radius 2 is 2.08 bits per heavy atom. The van der Waals surface area contributed by atoms with Crippen molar-refractivity contribution < 1.29 is 0 Å². The lowest BCUT2D eigenvalue weighted by Gasteiger charge is -2.13. The van der Waals surface area contributed by atoms with Crippen LogP contribution in [0.2, 0.25) is 0 Å². The van der Waals surface area contributed by atoms with Gasteiger partial charge >= 0.3 is 0 Å². The minimum absolute atomic E-state index is 0.509. The van der Waals surface area contributed by atoms with E-state index in [1.54, 1.807) is 0 Å². The molecule has 0 heterocycles. The fraction of sp³-hybridized carbons (Fsp3) is 0.600. The Balaban J connectivity index is 3.94. The van der Waals surface area contributed by atoms with Gasteiger partial charge in [-0.15, -0.1) is 0 Å². The van der Waals surface area contributed by atoms with Crippen LogP contribution in [0.3, 0.4) is 0 Å². The summed E-state index contributed by atoms with van der Waals surface area (Å²) in [4.78, 5) is 0.509. The van der Waals surface area contributed by atoms with E-state index in [1.165, 1.54) is 5.54 Å². The third-order valence-electron chi connectivity index (χ3n) is 1.89. The SMILES string of the molecule is C=C(Cl)/C(=C/Cl)CCC(Br)C(C)C. The Labute approximate surface area is 99.1 Å². The summed E-state index contributed by atoms with van der Waals surface area (Å²) in [5, 5.41) is 0.540. The molecule has 0 aliphatic heterocycles. The maximum Gasteiger partial charge on any atom is 0.0374 e. The average Bonchev–Trinajstić information content (AvgIpc) is 2.04. The van der Waals surface area contributed by atoms with Gasteiger partial charge in [0.05, 0.1) is 0 Å². The molecule has 0 aliphatic rings. The highest BCUT2D eigenvalue weighted by Gasteiger charge is 2.10. The topological polar surface area (TPSA) is 0 Å². The Kier molecular flexibility index (Phi) is 7.20. The molecular formula is C10H15BrCl2. The summed E-state index contributed by atoms with van der Waals surface area (Å²) in [5.41, 5.74) is 2.43. The van der Waals surface area contributed by atoms with Crippen LogP contribution >= 0.6 is 39.1 Å². The third-order valence-corrected chi connectivity index (χ3v) is 3.91. The Morgan fingerprint density at radius 3 is 2.38 bits per heavy atom. The first-order valence-corrected chi connectivity index (χ1v) is 6.00. The van der Waals surface area contributed by atoms with Crippen LogP contribution < -0.4 is 0 Å². The Hall–Kier alpha value is 0.540. The van der Waals surface area contributed by atoms with E-state index in [-0.39, 0.29) is 0 Å². The molecule has 0 aromatic rings. The van der Waals surface area contributed by atoms with Gasteiger partial charge in [-0.1, -0.05) is 59.6 Å². The van der Waals surface area contributed by atoms with E-state index >= 15 is 0 Å². The molecule has 0 saturated heterocycles. The lowest BCUT2D eigenvalue weighted by molar-refractivity contribution is 0.582. The first kappa shape index (κ1) is 13.5. The van der Waals surface area contributed by atoms with Crippen LogP contribution in [0.15, 0.2) is 22.7 Å². The van der Waals surface area contributed by atoms with Gasteiger partial charge in [-0.05, 0) is 24.3 Å². The largest absolute Gasteiger partial charge is 0.0926 e. The molecule has 0 nitrogen and oxygen atoms in total. The fourth-order valence-electron chi connectivity index (χ4n) is 0.876. The van der Waals surface area contributed by atoms with Crippen LogP contribution in [0.4, 0.5) is 0 Å². The van der Waals surface area contributed by atoms with Crippen molar-refractivity contribution in [3.05, 3.63) is 22.7 Å². The summed E-state index contributed by atoms with van der Waals surface area (Å²) in [6.45, 7) is 8.01.